The lowest BCUT2D eigenvalue weighted by atomic mass is 10.1. The molecule has 0 atom stereocenters. The number of aromatic nitrogens is 2. The number of benzene rings is 1. The van der Waals surface area contributed by atoms with Crippen LogP contribution in [-0.2, 0) is 31.9 Å². The maximum atomic E-state index is 12.8. The molecule has 7 heteroatoms. The van der Waals surface area contributed by atoms with Crippen LogP contribution in [0.2, 0.25) is 0 Å². The Morgan fingerprint density at radius 3 is 2.41 bits per heavy atom. The Bertz CT molecular complexity index is 806. The smallest absolute Gasteiger partial charge is 0.330 e. The Morgan fingerprint density at radius 1 is 1.14 bits per heavy atom. The van der Waals surface area contributed by atoms with E-state index in [1.807, 2.05) is 0 Å². The zero-order valence-corrected chi connectivity index (χ0v) is 12.3. The third kappa shape index (κ3) is 3.49. The number of nitrogens with one attached hydrogen (secondary N) is 1. The number of hydrogen-bond acceptors (Lipinski definition) is 3. The molecule has 0 radical (unpaired) electrons. The first-order valence-corrected chi connectivity index (χ1v) is 6.65. The summed E-state index contributed by atoms with van der Waals surface area (Å²) in [4.78, 5) is 35.2. The minimum absolute atomic E-state index is 0.0713. The van der Waals surface area contributed by atoms with Crippen LogP contribution in [0.1, 0.15) is 11.3 Å². The summed E-state index contributed by atoms with van der Waals surface area (Å²) in [5.74, 6) is -0.640. The summed E-state index contributed by atoms with van der Waals surface area (Å²) in [6.07, 6.45) is 0.0963. The zero-order valence-electron chi connectivity index (χ0n) is 12.3. The second-order valence-corrected chi connectivity index (χ2v) is 4.95. The molecule has 0 aliphatic heterocycles. The molecule has 116 valence electrons. The molecule has 0 bridgehead atoms. The van der Waals surface area contributed by atoms with Gasteiger partial charge in [0.2, 0.25) is 5.91 Å². The summed E-state index contributed by atoms with van der Waals surface area (Å²) in [5.41, 5.74) is 0.221. The van der Waals surface area contributed by atoms with Crippen molar-refractivity contribution < 1.29 is 9.18 Å². The summed E-state index contributed by atoms with van der Waals surface area (Å²) < 4.78 is 15.1. The lowest BCUT2D eigenvalue weighted by molar-refractivity contribution is -0.120. The van der Waals surface area contributed by atoms with Gasteiger partial charge in [-0.2, -0.15) is 0 Å². The van der Waals surface area contributed by atoms with E-state index in [0.717, 1.165) is 4.57 Å². The molecule has 2 rings (SSSR count). The minimum Gasteiger partial charge on any atom is -0.350 e. The molecule has 2 aromatic rings. The van der Waals surface area contributed by atoms with Crippen LogP contribution in [0.5, 0.6) is 0 Å². The lowest BCUT2D eigenvalue weighted by Crippen LogP contribution is -2.39. The fourth-order valence-electron chi connectivity index (χ4n) is 1.99. The van der Waals surface area contributed by atoms with Crippen LogP contribution in [0.4, 0.5) is 4.39 Å². The summed E-state index contributed by atoms with van der Waals surface area (Å²) in [6.45, 7) is 0.0713. The molecule has 0 aliphatic rings. The molecule has 0 unspecified atom stereocenters. The fourth-order valence-corrected chi connectivity index (χ4v) is 1.99. The topological polar surface area (TPSA) is 73.1 Å². The normalized spacial score (nSPS) is 10.5. The number of carbonyl (C=O) groups excluding carboxylic acids is 1. The van der Waals surface area contributed by atoms with Crippen LogP contribution < -0.4 is 16.6 Å². The van der Waals surface area contributed by atoms with Crippen LogP contribution in [0.15, 0.2) is 39.9 Å². The first-order valence-electron chi connectivity index (χ1n) is 6.65. The van der Waals surface area contributed by atoms with Crippen molar-refractivity contribution >= 4 is 5.91 Å². The largest absolute Gasteiger partial charge is 0.350 e. The summed E-state index contributed by atoms with van der Waals surface area (Å²) >= 11 is 0. The molecule has 0 saturated carbocycles. The Hall–Kier alpha value is -2.70. The van der Waals surface area contributed by atoms with Gasteiger partial charge in [-0.3, -0.25) is 18.7 Å². The third-order valence-corrected chi connectivity index (χ3v) is 3.37. The van der Waals surface area contributed by atoms with Crippen molar-refractivity contribution in [2.24, 2.45) is 14.1 Å². The molecule has 1 aromatic carbocycles. The van der Waals surface area contributed by atoms with Crippen LogP contribution in [0.3, 0.4) is 0 Å². The Balaban J connectivity index is 2.04. The minimum atomic E-state index is -0.449. The van der Waals surface area contributed by atoms with Crippen LogP contribution in [-0.4, -0.2) is 15.0 Å². The third-order valence-electron chi connectivity index (χ3n) is 3.37. The summed E-state index contributed by atoms with van der Waals surface area (Å²) in [5, 5.41) is 2.64. The highest BCUT2D eigenvalue weighted by atomic mass is 19.1. The van der Waals surface area contributed by atoms with Gasteiger partial charge in [0.15, 0.2) is 0 Å². The van der Waals surface area contributed by atoms with E-state index in [2.05, 4.69) is 5.32 Å². The molecule has 0 spiro atoms. The quantitative estimate of drug-likeness (QED) is 0.869. The van der Waals surface area contributed by atoms with Crippen molar-refractivity contribution in [1.29, 1.82) is 0 Å². The van der Waals surface area contributed by atoms with Crippen molar-refractivity contribution in [3.05, 3.63) is 68.2 Å². The van der Waals surface area contributed by atoms with Crippen molar-refractivity contribution in [3.8, 4) is 0 Å². The highest BCUT2D eigenvalue weighted by molar-refractivity contribution is 5.78. The van der Waals surface area contributed by atoms with E-state index in [4.69, 9.17) is 0 Å². The molecular formula is C15H16FN3O3. The average molecular weight is 305 g/mol. The fraction of sp³-hybridized carbons (Fsp3) is 0.267. The molecule has 1 amide bonds. The predicted octanol–water partition coefficient (Wildman–Crippen LogP) is 0.0820. The van der Waals surface area contributed by atoms with Crippen molar-refractivity contribution in [2.75, 3.05) is 0 Å². The van der Waals surface area contributed by atoms with Crippen molar-refractivity contribution in [1.82, 2.24) is 14.5 Å². The van der Waals surface area contributed by atoms with E-state index in [1.54, 1.807) is 0 Å². The summed E-state index contributed by atoms with van der Waals surface area (Å²) in [7, 11) is 2.92. The molecule has 1 N–H and O–H groups in total. The van der Waals surface area contributed by atoms with E-state index >= 15 is 0 Å². The maximum Gasteiger partial charge on any atom is 0.330 e. The standard InChI is InChI=1S/C15H16FN3O3/c1-18-12(8-14(21)19(2)15(18)22)9-17-13(20)7-10-3-5-11(16)6-4-10/h3-6,8H,7,9H2,1-2H3,(H,17,20). The Morgan fingerprint density at radius 2 is 1.77 bits per heavy atom. The van der Waals surface area contributed by atoms with E-state index < -0.39 is 11.2 Å². The lowest BCUT2D eigenvalue weighted by Gasteiger charge is -2.10. The van der Waals surface area contributed by atoms with Gasteiger partial charge in [0.25, 0.3) is 5.56 Å². The van der Waals surface area contributed by atoms with Gasteiger partial charge in [0.05, 0.1) is 13.0 Å². The summed E-state index contributed by atoms with van der Waals surface area (Å²) in [6, 6.07) is 6.94. The van der Waals surface area contributed by atoms with Gasteiger partial charge in [-0.05, 0) is 17.7 Å². The van der Waals surface area contributed by atoms with Gasteiger partial charge in [-0.1, -0.05) is 12.1 Å². The van der Waals surface area contributed by atoms with Crippen LogP contribution in [0.25, 0.3) is 0 Å². The Kier molecular flexibility index (Phi) is 4.55. The van der Waals surface area contributed by atoms with E-state index in [1.165, 1.54) is 49.0 Å². The maximum absolute atomic E-state index is 12.8. The van der Waals surface area contributed by atoms with Crippen LogP contribution in [0, 0.1) is 5.82 Å². The van der Waals surface area contributed by atoms with Crippen molar-refractivity contribution in [2.45, 2.75) is 13.0 Å². The number of hydrogen-bond donors (Lipinski definition) is 1. The second-order valence-electron chi connectivity index (χ2n) is 4.95. The van der Waals surface area contributed by atoms with E-state index in [9.17, 15) is 18.8 Å². The van der Waals surface area contributed by atoms with Gasteiger partial charge in [-0.15, -0.1) is 0 Å². The van der Waals surface area contributed by atoms with E-state index in [0.29, 0.717) is 11.3 Å². The number of halogens is 1. The zero-order chi connectivity index (χ0) is 16.3. The van der Waals surface area contributed by atoms with Gasteiger partial charge in [0, 0.05) is 25.9 Å². The van der Waals surface area contributed by atoms with E-state index in [-0.39, 0.29) is 24.7 Å². The Labute approximate surface area is 125 Å². The molecule has 1 heterocycles. The number of amides is 1. The van der Waals surface area contributed by atoms with Gasteiger partial charge < -0.3 is 5.32 Å². The number of rotatable bonds is 4. The van der Waals surface area contributed by atoms with Crippen molar-refractivity contribution in [3.63, 3.8) is 0 Å². The molecular weight excluding hydrogens is 289 g/mol. The van der Waals surface area contributed by atoms with Crippen LogP contribution >= 0.6 is 0 Å². The second kappa shape index (κ2) is 6.38. The molecule has 6 nitrogen and oxygen atoms in total. The average Bonchev–Trinajstić information content (AvgIpc) is 2.50. The predicted molar refractivity (Wildman–Crippen MR) is 78.9 cm³/mol. The monoisotopic (exact) mass is 305 g/mol. The van der Waals surface area contributed by atoms with Gasteiger partial charge >= 0.3 is 5.69 Å². The highest BCUT2D eigenvalue weighted by Crippen LogP contribution is 2.03. The molecule has 0 aliphatic carbocycles. The number of carbonyl (C=O) groups is 1. The number of nitrogens with zero attached hydrogens (tertiary/aromatic N) is 2. The molecule has 0 fully saturated rings. The van der Waals surface area contributed by atoms with Gasteiger partial charge in [-0.25, -0.2) is 9.18 Å². The first kappa shape index (κ1) is 15.7. The highest BCUT2D eigenvalue weighted by Gasteiger charge is 2.08. The first-order chi connectivity index (χ1) is 10.4. The molecule has 0 saturated heterocycles. The molecule has 22 heavy (non-hydrogen) atoms. The molecule has 1 aromatic heterocycles. The SMILES string of the molecule is Cn1c(CNC(=O)Cc2ccc(F)cc2)cc(=O)n(C)c1=O. The van der Waals surface area contributed by atoms with Gasteiger partial charge in [0.1, 0.15) is 5.82 Å².